The van der Waals surface area contributed by atoms with Gasteiger partial charge < -0.3 is 9.47 Å². The van der Waals surface area contributed by atoms with Gasteiger partial charge in [-0.3, -0.25) is 4.90 Å². The zero-order valence-corrected chi connectivity index (χ0v) is 17.2. The second-order valence-corrected chi connectivity index (χ2v) is 12.2. The predicted octanol–water partition coefficient (Wildman–Crippen LogP) is 4.24. The maximum Gasteiger partial charge on any atom is 0.330 e. The van der Waals surface area contributed by atoms with Crippen LogP contribution in [0, 0.1) is 0 Å². The molecule has 0 fully saturated rings. The van der Waals surface area contributed by atoms with Gasteiger partial charge in [-0.15, -0.1) is 0 Å². The molecule has 0 aromatic heterocycles. The van der Waals surface area contributed by atoms with Gasteiger partial charge in [0.25, 0.3) is 0 Å². The number of ether oxygens (including phenoxy) is 2. The lowest BCUT2D eigenvalue weighted by atomic mass is 10.2. The van der Waals surface area contributed by atoms with Crippen LogP contribution in [0.1, 0.15) is 25.3 Å². The monoisotopic (exact) mass is 363 g/mol. The summed E-state index contributed by atoms with van der Waals surface area (Å²) >= 11 is 0. The number of hydrogen-bond donors (Lipinski definition) is 0. The smallest absolute Gasteiger partial charge is 0.330 e. The Labute approximate surface area is 153 Å². The van der Waals surface area contributed by atoms with E-state index < -0.39 is 8.07 Å². The van der Waals surface area contributed by atoms with Crippen LogP contribution in [0.15, 0.2) is 42.5 Å². The number of hydrogen-bond acceptors (Lipinski definition) is 4. The van der Waals surface area contributed by atoms with Gasteiger partial charge in [0.2, 0.25) is 0 Å². The van der Waals surface area contributed by atoms with Gasteiger partial charge >= 0.3 is 5.97 Å². The van der Waals surface area contributed by atoms with E-state index in [1.165, 1.54) is 11.6 Å². The van der Waals surface area contributed by atoms with E-state index in [-0.39, 0.29) is 5.97 Å². The molecule has 0 amide bonds. The topological polar surface area (TPSA) is 38.8 Å². The number of rotatable bonds is 12. The Hall–Kier alpha value is -1.43. The van der Waals surface area contributed by atoms with Crippen LogP contribution < -0.4 is 0 Å². The first kappa shape index (κ1) is 21.6. The first-order valence-corrected chi connectivity index (χ1v) is 12.5. The van der Waals surface area contributed by atoms with Gasteiger partial charge in [0.05, 0.1) is 21.4 Å². The number of esters is 1. The van der Waals surface area contributed by atoms with Gasteiger partial charge in [-0.05, 0) is 25.1 Å². The molecule has 5 heteroatoms. The molecule has 0 spiro atoms. The van der Waals surface area contributed by atoms with E-state index in [1.807, 2.05) is 19.1 Å². The average Bonchev–Trinajstić information content (AvgIpc) is 2.55. The van der Waals surface area contributed by atoms with Crippen molar-refractivity contribution in [3.8, 4) is 0 Å². The fraction of sp³-hybridized carbons (Fsp3) is 0.550. The minimum Gasteiger partial charge on any atom is -0.463 e. The summed E-state index contributed by atoms with van der Waals surface area (Å²) in [5.41, 5.74) is 1.32. The third-order valence-electron chi connectivity index (χ3n) is 3.98. The van der Waals surface area contributed by atoms with E-state index in [0.717, 1.165) is 25.6 Å². The van der Waals surface area contributed by atoms with Gasteiger partial charge in [-0.1, -0.05) is 62.0 Å². The van der Waals surface area contributed by atoms with Crippen molar-refractivity contribution in [1.29, 1.82) is 0 Å². The standard InChI is InChI=1S/C20H33NO3Si/c1-5-24-20(22)14-10-7-11-15-25(3,4)18-21(17-23-2)16-19-12-8-6-9-13-19/h6,8-10,12-14H,5,7,11,15-18H2,1-4H3/b14-10-. The Kier molecular flexibility index (Phi) is 10.4. The lowest BCUT2D eigenvalue weighted by molar-refractivity contribution is -0.137. The van der Waals surface area contributed by atoms with Gasteiger partial charge in [-0.2, -0.15) is 0 Å². The number of nitrogens with zero attached hydrogens (tertiary/aromatic N) is 1. The summed E-state index contributed by atoms with van der Waals surface area (Å²) in [6.07, 6.45) is 6.63. The molecule has 0 aliphatic carbocycles. The normalized spacial score (nSPS) is 12.0. The minimum atomic E-state index is -1.35. The molecule has 0 heterocycles. The number of carbonyl (C=O) groups excluding carboxylic acids is 1. The van der Waals surface area contributed by atoms with Crippen LogP contribution in [0.25, 0.3) is 0 Å². The summed E-state index contributed by atoms with van der Waals surface area (Å²) in [6, 6.07) is 11.8. The molecular formula is C20H33NO3Si. The molecule has 0 atom stereocenters. The third-order valence-corrected chi connectivity index (χ3v) is 6.99. The Morgan fingerprint density at radius 2 is 1.96 bits per heavy atom. The SMILES string of the molecule is CCOC(=O)/C=C\CCC[Si](C)(C)CN(COC)Cc1ccccc1. The van der Waals surface area contributed by atoms with Gasteiger partial charge in [0.15, 0.2) is 0 Å². The molecule has 1 aromatic rings. The highest BCUT2D eigenvalue weighted by molar-refractivity contribution is 6.77. The number of allylic oxidation sites excluding steroid dienone is 1. The number of benzene rings is 1. The Morgan fingerprint density at radius 1 is 1.24 bits per heavy atom. The van der Waals surface area contributed by atoms with E-state index in [0.29, 0.717) is 13.3 Å². The van der Waals surface area contributed by atoms with E-state index >= 15 is 0 Å². The van der Waals surface area contributed by atoms with Crippen molar-refractivity contribution in [3.05, 3.63) is 48.0 Å². The van der Waals surface area contributed by atoms with Crippen molar-refractivity contribution in [1.82, 2.24) is 4.90 Å². The summed E-state index contributed by atoms with van der Waals surface area (Å²) in [6.45, 7) is 8.69. The highest BCUT2D eigenvalue weighted by Gasteiger charge is 2.23. The molecule has 0 saturated carbocycles. The fourth-order valence-electron chi connectivity index (χ4n) is 2.92. The van der Waals surface area contributed by atoms with Crippen molar-refractivity contribution in [3.63, 3.8) is 0 Å². The number of methoxy groups -OCH3 is 1. The van der Waals surface area contributed by atoms with Crippen molar-refractivity contribution < 1.29 is 14.3 Å². The van der Waals surface area contributed by atoms with Crippen LogP contribution in [-0.2, 0) is 20.8 Å². The van der Waals surface area contributed by atoms with Crippen LogP contribution in [0.5, 0.6) is 0 Å². The summed E-state index contributed by atoms with van der Waals surface area (Å²) in [5, 5.41) is 0. The maximum absolute atomic E-state index is 11.3. The first-order valence-electron chi connectivity index (χ1n) is 9.05. The Morgan fingerprint density at radius 3 is 2.60 bits per heavy atom. The van der Waals surface area contributed by atoms with Gasteiger partial charge in [0, 0.05) is 19.7 Å². The van der Waals surface area contributed by atoms with Crippen molar-refractivity contribution in [2.75, 3.05) is 26.6 Å². The maximum atomic E-state index is 11.3. The lowest BCUT2D eigenvalue weighted by Gasteiger charge is -2.31. The first-order chi connectivity index (χ1) is 12.0. The third kappa shape index (κ3) is 10.2. The molecular weight excluding hydrogens is 330 g/mol. The molecule has 1 aromatic carbocycles. The molecule has 4 nitrogen and oxygen atoms in total. The fourth-order valence-corrected chi connectivity index (χ4v) is 5.66. The average molecular weight is 364 g/mol. The van der Waals surface area contributed by atoms with Crippen molar-refractivity contribution >= 4 is 14.0 Å². The van der Waals surface area contributed by atoms with E-state index in [9.17, 15) is 4.79 Å². The summed E-state index contributed by atoms with van der Waals surface area (Å²) in [5.74, 6) is -0.242. The molecule has 0 saturated heterocycles. The predicted molar refractivity (Wildman–Crippen MR) is 106 cm³/mol. The summed E-state index contributed by atoms with van der Waals surface area (Å²) in [7, 11) is 0.403. The Bertz CT molecular complexity index is 517. The van der Waals surface area contributed by atoms with Gasteiger partial charge in [0.1, 0.15) is 0 Å². The molecule has 0 aliphatic rings. The van der Waals surface area contributed by atoms with E-state index in [1.54, 1.807) is 13.2 Å². The molecule has 25 heavy (non-hydrogen) atoms. The highest BCUT2D eigenvalue weighted by Crippen LogP contribution is 2.17. The summed E-state index contributed by atoms with van der Waals surface area (Å²) in [4.78, 5) is 13.7. The zero-order valence-electron chi connectivity index (χ0n) is 16.2. The number of unbranched alkanes of at least 4 members (excludes halogenated alkanes) is 1. The lowest BCUT2D eigenvalue weighted by Crippen LogP contribution is -2.43. The van der Waals surface area contributed by atoms with Crippen LogP contribution in [-0.4, -0.2) is 45.6 Å². The van der Waals surface area contributed by atoms with Crippen LogP contribution in [0.4, 0.5) is 0 Å². The molecule has 1 rings (SSSR count). The molecule has 0 radical (unpaired) electrons. The van der Waals surface area contributed by atoms with Crippen LogP contribution >= 0.6 is 0 Å². The number of carbonyl (C=O) groups is 1. The summed E-state index contributed by atoms with van der Waals surface area (Å²) < 4.78 is 10.3. The van der Waals surface area contributed by atoms with Gasteiger partial charge in [-0.25, -0.2) is 4.79 Å². The minimum absolute atomic E-state index is 0.242. The Balaban J connectivity index is 2.42. The van der Waals surface area contributed by atoms with Crippen LogP contribution in [0.2, 0.25) is 19.1 Å². The molecule has 0 aliphatic heterocycles. The van der Waals surface area contributed by atoms with Crippen molar-refractivity contribution in [2.45, 2.75) is 45.4 Å². The van der Waals surface area contributed by atoms with E-state index in [4.69, 9.17) is 9.47 Å². The highest BCUT2D eigenvalue weighted by atomic mass is 28.3. The van der Waals surface area contributed by atoms with Crippen LogP contribution in [0.3, 0.4) is 0 Å². The molecule has 0 N–H and O–H groups in total. The molecule has 140 valence electrons. The quantitative estimate of drug-likeness (QED) is 0.183. The molecule has 0 unspecified atom stereocenters. The van der Waals surface area contributed by atoms with Crippen molar-refractivity contribution in [2.24, 2.45) is 0 Å². The zero-order chi connectivity index (χ0) is 18.5. The van der Waals surface area contributed by atoms with E-state index in [2.05, 4.69) is 42.3 Å². The second-order valence-electron chi connectivity index (χ2n) is 7.10. The molecule has 0 bridgehead atoms. The largest absolute Gasteiger partial charge is 0.463 e. The second kappa shape index (κ2) is 12.0.